The average Bonchev–Trinajstić information content (AvgIpc) is 2.61. The highest BCUT2D eigenvalue weighted by atomic mass is 19.1. The van der Waals surface area contributed by atoms with Gasteiger partial charge in [0.2, 0.25) is 5.91 Å². The minimum absolute atomic E-state index is 0.0302. The van der Waals surface area contributed by atoms with E-state index in [-0.39, 0.29) is 18.1 Å². The Morgan fingerprint density at radius 1 is 1.04 bits per heavy atom. The van der Waals surface area contributed by atoms with E-state index in [1.165, 1.54) is 6.07 Å². The van der Waals surface area contributed by atoms with Gasteiger partial charge in [0.05, 0.1) is 18.3 Å². The molecule has 1 amide bonds. The summed E-state index contributed by atoms with van der Waals surface area (Å²) < 4.78 is 13.6. The third-order valence-corrected chi connectivity index (χ3v) is 3.76. The molecule has 126 valence electrons. The van der Waals surface area contributed by atoms with Crippen molar-refractivity contribution in [2.24, 2.45) is 0 Å². The molecule has 0 aliphatic carbocycles. The van der Waals surface area contributed by atoms with E-state index >= 15 is 0 Å². The van der Waals surface area contributed by atoms with Crippen LogP contribution in [0.25, 0.3) is 0 Å². The minimum Gasteiger partial charge on any atom is -0.354 e. The molecular formula is C20H18FN3O. The maximum absolute atomic E-state index is 13.6. The van der Waals surface area contributed by atoms with Gasteiger partial charge in [0, 0.05) is 5.69 Å². The highest BCUT2D eigenvalue weighted by molar-refractivity contribution is 5.91. The predicted octanol–water partition coefficient (Wildman–Crippen LogP) is 4.45. The van der Waals surface area contributed by atoms with E-state index in [1.54, 1.807) is 30.5 Å². The number of hydrogen-bond donors (Lipinski definition) is 2. The number of para-hydroxylation sites is 1. The van der Waals surface area contributed by atoms with Crippen molar-refractivity contribution in [1.29, 1.82) is 0 Å². The first-order valence-corrected chi connectivity index (χ1v) is 7.94. The summed E-state index contributed by atoms with van der Waals surface area (Å²) in [7, 11) is 0. The highest BCUT2D eigenvalue weighted by Crippen LogP contribution is 2.20. The van der Waals surface area contributed by atoms with Gasteiger partial charge in [-0.1, -0.05) is 36.4 Å². The van der Waals surface area contributed by atoms with Gasteiger partial charge >= 0.3 is 0 Å². The zero-order valence-corrected chi connectivity index (χ0v) is 13.8. The van der Waals surface area contributed by atoms with Gasteiger partial charge in [0.1, 0.15) is 11.6 Å². The highest BCUT2D eigenvalue weighted by Gasteiger charge is 2.08. The lowest BCUT2D eigenvalue weighted by Crippen LogP contribution is -2.16. The maximum Gasteiger partial charge on any atom is 0.230 e. The Bertz CT molecular complexity index is 878. The summed E-state index contributed by atoms with van der Waals surface area (Å²) >= 11 is 0. The fraction of sp³-hybridized carbons (Fsp3) is 0.100. The van der Waals surface area contributed by atoms with E-state index in [0.717, 1.165) is 16.9 Å². The molecule has 0 aliphatic rings. The number of carbonyl (C=O) groups excluding carboxylic acids is 1. The standard InChI is InChI=1S/C20H18FN3O/c1-14-6-2-5-9-18(14)23-16-10-11-19(22-13-16)24-20(25)12-15-7-3-4-8-17(15)21/h2-11,13,23H,12H2,1H3,(H,22,24,25). The maximum atomic E-state index is 13.6. The number of aryl methyl sites for hydroxylation is 1. The van der Waals surface area contributed by atoms with Gasteiger partial charge in [0.25, 0.3) is 0 Å². The quantitative estimate of drug-likeness (QED) is 0.724. The van der Waals surface area contributed by atoms with Crippen LogP contribution in [0.4, 0.5) is 21.6 Å². The molecule has 3 aromatic rings. The predicted molar refractivity (Wildman–Crippen MR) is 97.4 cm³/mol. The minimum atomic E-state index is -0.386. The molecule has 5 heteroatoms. The van der Waals surface area contributed by atoms with Crippen LogP contribution in [-0.4, -0.2) is 10.9 Å². The molecule has 0 bridgehead atoms. The Morgan fingerprint density at radius 3 is 2.52 bits per heavy atom. The van der Waals surface area contributed by atoms with Crippen LogP contribution in [-0.2, 0) is 11.2 Å². The SMILES string of the molecule is Cc1ccccc1Nc1ccc(NC(=O)Cc2ccccc2F)nc1. The number of hydrogen-bond acceptors (Lipinski definition) is 3. The molecule has 0 saturated heterocycles. The van der Waals surface area contributed by atoms with Crippen LogP contribution in [0.3, 0.4) is 0 Å². The molecule has 2 N–H and O–H groups in total. The van der Waals surface area contributed by atoms with Gasteiger partial charge in [0.15, 0.2) is 0 Å². The molecule has 0 spiro atoms. The number of rotatable bonds is 5. The first-order valence-electron chi connectivity index (χ1n) is 7.94. The Labute approximate surface area is 145 Å². The molecule has 0 aliphatic heterocycles. The fourth-order valence-corrected chi connectivity index (χ4v) is 2.41. The smallest absolute Gasteiger partial charge is 0.230 e. The van der Waals surface area contributed by atoms with Gasteiger partial charge in [-0.2, -0.15) is 0 Å². The lowest BCUT2D eigenvalue weighted by Gasteiger charge is -2.10. The van der Waals surface area contributed by atoms with Crippen LogP contribution in [0, 0.1) is 12.7 Å². The summed E-state index contributed by atoms with van der Waals surface area (Å²) in [5.74, 6) is -0.266. The molecule has 0 saturated carbocycles. The summed E-state index contributed by atoms with van der Waals surface area (Å²) in [4.78, 5) is 16.2. The first-order chi connectivity index (χ1) is 12.1. The van der Waals surface area contributed by atoms with Gasteiger partial charge in [-0.25, -0.2) is 9.37 Å². The second-order valence-corrected chi connectivity index (χ2v) is 5.69. The number of carbonyl (C=O) groups is 1. The molecule has 1 aromatic heterocycles. The van der Waals surface area contributed by atoms with Crippen LogP contribution < -0.4 is 10.6 Å². The molecule has 3 rings (SSSR count). The van der Waals surface area contributed by atoms with Crippen LogP contribution in [0.2, 0.25) is 0 Å². The van der Waals surface area contributed by atoms with Gasteiger partial charge in [-0.15, -0.1) is 0 Å². The molecule has 2 aromatic carbocycles. The Balaban J connectivity index is 1.62. The van der Waals surface area contributed by atoms with Crippen molar-refractivity contribution in [3.63, 3.8) is 0 Å². The monoisotopic (exact) mass is 335 g/mol. The molecular weight excluding hydrogens is 317 g/mol. The third-order valence-electron chi connectivity index (χ3n) is 3.76. The number of anilines is 3. The van der Waals surface area contributed by atoms with Crippen molar-refractivity contribution in [3.8, 4) is 0 Å². The molecule has 0 radical (unpaired) electrons. The Kier molecular flexibility index (Phi) is 5.04. The van der Waals surface area contributed by atoms with E-state index in [0.29, 0.717) is 11.4 Å². The fourth-order valence-electron chi connectivity index (χ4n) is 2.41. The number of amides is 1. The van der Waals surface area contributed by atoms with Gasteiger partial charge < -0.3 is 10.6 Å². The van der Waals surface area contributed by atoms with E-state index in [4.69, 9.17) is 0 Å². The summed E-state index contributed by atoms with van der Waals surface area (Å²) in [6.45, 7) is 2.02. The van der Waals surface area contributed by atoms with Crippen molar-refractivity contribution in [3.05, 3.63) is 83.8 Å². The molecule has 25 heavy (non-hydrogen) atoms. The van der Waals surface area contributed by atoms with E-state index in [2.05, 4.69) is 15.6 Å². The van der Waals surface area contributed by atoms with Gasteiger partial charge in [-0.05, 0) is 42.3 Å². The van der Waals surface area contributed by atoms with Crippen LogP contribution in [0.5, 0.6) is 0 Å². The van der Waals surface area contributed by atoms with Crippen molar-refractivity contribution < 1.29 is 9.18 Å². The molecule has 0 atom stereocenters. The second kappa shape index (κ2) is 7.57. The first kappa shape index (κ1) is 16.6. The zero-order valence-electron chi connectivity index (χ0n) is 13.8. The summed E-state index contributed by atoms with van der Waals surface area (Å²) in [6.07, 6.45) is 1.61. The number of nitrogens with one attached hydrogen (secondary N) is 2. The number of nitrogens with zero attached hydrogens (tertiary/aromatic N) is 1. The topological polar surface area (TPSA) is 54.0 Å². The third kappa shape index (κ3) is 4.41. The summed E-state index contributed by atoms with van der Waals surface area (Å²) in [6, 6.07) is 17.7. The lowest BCUT2D eigenvalue weighted by atomic mass is 10.1. The molecule has 4 nitrogen and oxygen atoms in total. The zero-order chi connectivity index (χ0) is 17.6. The van der Waals surface area contributed by atoms with Crippen molar-refractivity contribution in [2.75, 3.05) is 10.6 Å². The van der Waals surface area contributed by atoms with Gasteiger partial charge in [-0.3, -0.25) is 4.79 Å². The van der Waals surface area contributed by atoms with E-state index in [1.807, 2.05) is 37.3 Å². The Hall–Kier alpha value is -3.21. The van der Waals surface area contributed by atoms with Crippen LogP contribution in [0.1, 0.15) is 11.1 Å². The van der Waals surface area contributed by atoms with Crippen LogP contribution >= 0.6 is 0 Å². The van der Waals surface area contributed by atoms with E-state index < -0.39 is 0 Å². The molecule has 1 heterocycles. The summed E-state index contributed by atoms with van der Waals surface area (Å²) in [5.41, 5.74) is 3.31. The average molecular weight is 335 g/mol. The van der Waals surface area contributed by atoms with Crippen molar-refractivity contribution >= 4 is 23.1 Å². The largest absolute Gasteiger partial charge is 0.354 e. The number of benzene rings is 2. The number of pyridine rings is 1. The van der Waals surface area contributed by atoms with Crippen LogP contribution in [0.15, 0.2) is 66.9 Å². The molecule has 0 fully saturated rings. The normalized spacial score (nSPS) is 10.3. The summed E-state index contributed by atoms with van der Waals surface area (Å²) in [5, 5.41) is 5.95. The number of halogens is 1. The molecule has 0 unspecified atom stereocenters. The van der Waals surface area contributed by atoms with E-state index in [9.17, 15) is 9.18 Å². The number of aromatic nitrogens is 1. The Morgan fingerprint density at radius 2 is 1.80 bits per heavy atom. The second-order valence-electron chi connectivity index (χ2n) is 5.69. The van der Waals surface area contributed by atoms with Crippen molar-refractivity contribution in [2.45, 2.75) is 13.3 Å². The lowest BCUT2D eigenvalue weighted by molar-refractivity contribution is -0.115. The van der Waals surface area contributed by atoms with Crippen molar-refractivity contribution in [1.82, 2.24) is 4.98 Å².